The average molecular weight is 747 g/mol. The molecule has 0 aliphatic rings. The number of phenolic OH excluding ortho intramolecular Hbond substituents is 1. The summed E-state index contributed by atoms with van der Waals surface area (Å²) in [7, 11) is 0. The van der Waals surface area contributed by atoms with Crippen LogP contribution >= 0.6 is 90.4 Å². The first-order chi connectivity index (χ1) is 10.2. The number of carbonyl (C=O) groups excluding carboxylic acids is 1. The summed E-state index contributed by atoms with van der Waals surface area (Å²) in [6, 6.07) is 10.2. The number of halogens is 4. The third-order valence-corrected chi connectivity index (χ3v) is 8.21. The fourth-order valence-electron chi connectivity index (χ4n) is 1.63. The van der Waals surface area contributed by atoms with Gasteiger partial charge in [0.1, 0.15) is 17.2 Å². The maximum absolute atomic E-state index is 11.6. The van der Waals surface area contributed by atoms with E-state index in [9.17, 15) is 9.90 Å². The first-order valence-corrected chi connectivity index (χ1v) is 10.2. The van der Waals surface area contributed by atoms with Gasteiger partial charge in [-0.3, -0.25) is 4.79 Å². The number of aromatic hydroxyl groups is 1. The Bertz CT molecular complexity index is 717. The zero-order valence-corrected chi connectivity index (χ0v) is 19.4. The summed E-state index contributed by atoms with van der Waals surface area (Å²) in [6.45, 7) is 0. The van der Waals surface area contributed by atoms with Crippen molar-refractivity contribution in [2.75, 3.05) is 0 Å². The zero-order chi connectivity index (χ0) is 16.5. The Morgan fingerprint density at radius 2 is 1.64 bits per heavy atom. The van der Waals surface area contributed by atoms with E-state index in [4.69, 9.17) is 10.5 Å². The number of rotatable bonds is 4. The molecule has 0 aliphatic carbocycles. The molecule has 0 aromatic heterocycles. The van der Waals surface area contributed by atoms with Crippen molar-refractivity contribution in [2.24, 2.45) is 5.73 Å². The van der Waals surface area contributed by atoms with Crippen LogP contribution in [0.15, 0.2) is 36.4 Å². The van der Waals surface area contributed by atoms with Crippen LogP contribution in [0.5, 0.6) is 17.2 Å². The van der Waals surface area contributed by atoms with Crippen LogP contribution in [-0.4, -0.2) is 11.0 Å². The van der Waals surface area contributed by atoms with Crippen molar-refractivity contribution in [1.82, 2.24) is 0 Å². The molecule has 4 nitrogen and oxygen atoms in total. The maximum atomic E-state index is 11.6. The van der Waals surface area contributed by atoms with E-state index in [1.807, 2.05) is 57.3 Å². The SMILES string of the molecule is NC(=O)C(I)(I)c1ccc(Oc2ccc(O)cc2)c(I)c1I. The van der Waals surface area contributed by atoms with Gasteiger partial charge in [0.2, 0.25) is 5.91 Å². The Labute approximate surface area is 182 Å². The number of alkyl halides is 2. The van der Waals surface area contributed by atoms with Crippen molar-refractivity contribution in [3.8, 4) is 17.2 Å². The van der Waals surface area contributed by atoms with Crippen LogP contribution in [0, 0.1) is 7.14 Å². The lowest BCUT2D eigenvalue weighted by atomic mass is 10.1. The molecule has 0 spiro atoms. The smallest absolute Gasteiger partial charge is 0.248 e. The van der Waals surface area contributed by atoms with Gasteiger partial charge in [-0.15, -0.1) is 0 Å². The molecule has 8 heteroatoms. The first-order valence-electron chi connectivity index (χ1n) is 5.86. The van der Waals surface area contributed by atoms with Crippen LogP contribution in [-0.2, 0) is 6.22 Å². The van der Waals surface area contributed by atoms with Crippen molar-refractivity contribution in [3.05, 3.63) is 49.1 Å². The molecule has 0 radical (unpaired) electrons. The lowest BCUT2D eigenvalue weighted by Gasteiger charge is -2.20. The molecular weight excluding hydrogens is 738 g/mol. The molecule has 1 amide bonds. The third kappa shape index (κ3) is 4.09. The largest absolute Gasteiger partial charge is 0.508 e. The summed E-state index contributed by atoms with van der Waals surface area (Å²) in [5.74, 6) is 1.11. The van der Waals surface area contributed by atoms with Crippen LogP contribution < -0.4 is 10.5 Å². The predicted molar refractivity (Wildman–Crippen MR) is 119 cm³/mol. The van der Waals surface area contributed by atoms with Crippen molar-refractivity contribution in [1.29, 1.82) is 0 Å². The van der Waals surface area contributed by atoms with Crippen molar-refractivity contribution >= 4 is 96.3 Å². The van der Waals surface area contributed by atoms with Gasteiger partial charge in [-0.2, -0.15) is 0 Å². The molecule has 22 heavy (non-hydrogen) atoms. The second-order valence-corrected chi connectivity index (χ2v) is 11.7. The lowest BCUT2D eigenvalue weighted by Crippen LogP contribution is -2.30. The van der Waals surface area contributed by atoms with Crippen LogP contribution in [0.2, 0.25) is 0 Å². The topological polar surface area (TPSA) is 72.6 Å². The molecule has 0 atom stereocenters. The van der Waals surface area contributed by atoms with E-state index < -0.39 is 7.34 Å². The molecule has 116 valence electrons. The second kappa shape index (κ2) is 7.55. The Morgan fingerprint density at radius 1 is 1.05 bits per heavy atom. The highest BCUT2D eigenvalue weighted by molar-refractivity contribution is 14.2. The number of hydrogen-bond donors (Lipinski definition) is 2. The summed E-state index contributed by atoms with van der Waals surface area (Å²) >= 11 is 8.48. The van der Waals surface area contributed by atoms with Gasteiger partial charge in [-0.1, -0.05) is 51.2 Å². The number of amides is 1. The van der Waals surface area contributed by atoms with Gasteiger partial charge in [-0.05, 0) is 75.5 Å². The number of carbonyl (C=O) groups is 1. The standard InChI is InChI=1S/C14H9I4NO3/c15-11-9(14(17,18)13(19)21)5-6-10(12(11)16)22-8-3-1-7(20)2-4-8/h1-6,20H,(H2,19,21). The molecule has 2 aromatic carbocycles. The number of primary amides is 1. The van der Waals surface area contributed by atoms with Gasteiger partial charge >= 0.3 is 0 Å². The quantitative estimate of drug-likeness (QED) is 0.346. The van der Waals surface area contributed by atoms with E-state index in [0.29, 0.717) is 11.5 Å². The fraction of sp³-hybridized carbons (Fsp3) is 0.0714. The lowest BCUT2D eigenvalue weighted by molar-refractivity contribution is -0.117. The molecule has 0 fully saturated rings. The van der Waals surface area contributed by atoms with Gasteiger partial charge < -0.3 is 15.6 Å². The van der Waals surface area contributed by atoms with Gasteiger partial charge in [0.25, 0.3) is 0 Å². The number of hydrogen-bond acceptors (Lipinski definition) is 3. The zero-order valence-electron chi connectivity index (χ0n) is 10.8. The van der Waals surface area contributed by atoms with Crippen LogP contribution in [0.25, 0.3) is 0 Å². The molecule has 0 aliphatic heterocycles. The Balaban J connectivity index is 2.39. The van der Waals surface area contributed by atoms with Crippen LogP contribution in [0.3, 0.4) is 0 Å². The Morgan fingerprint density at radius 3 is 2.18 bits per heavy atom. The summed E-state index contributed by atoms with van der Waals surface area (Å²) in [5, 5.41) is 9.30. The fourth-order valence-corrected chi connectivity index (χ4v) is 4.99. The van der Waals surface area contributed by atoms with Crippen LogP contribution in [0.4, 0.5) is 0 Å². The highest BCUT2D eigenvalue weighted by Gasteiger charge is 2.35. The van der Waals surface area contributed by atoms with Gasteiger partial charge in [0, 0.05) is 9.13 Å². The summed E-state index contributed by atoms with van der Waals surface area (Å²) < 4.78 is 6.86. The second-order valence-electron chi connectivity index (χ2n) is 4.27. The van der Waals surface area contributed by atoms with Gasteiger partial charge in [0.15, 0.2) is 1.43 Å². The van der Waals surface area contributed by atoms with E-state index in [1.165, 1.54) is 0 Å². The number of ether oxygens (including phenoxy) is 1. The minimum absolute atomic E-state index is 0.188. The van der Waals surface area contributed by atoms with Crippen molar-refractivity contribution in [3.63, 3.8) is 0 Å². The minimum atomic E-state index is -0.803. The average Bonchev–Trinajstić information content (AvgIpc) is 2.46. The highest BCUT2D eigenvalue weighted by atomic mass is 127. The van der Waals surface area contributed by atoms with E-state index >= 15 is 0 Å². The molecule has 2 aromatic rings. The maximum Gasteiger partial charge on any atom is 0.248 e. The first kappa shape index (κ1) is 18.8. The van der Waals surface area contributed by atoms with E-state index in [1.54, 1.807) is 24.3 Å². The van der Waals surface area contributed by atoms with Crippen LogP contribution in [0.1, 0.15) is 5.56 Å². The Hall–Kier alpha value is 0.430. The van der Waals surface area contributed by atoms with Crippen molar-refractivity contribution in [2.45, 2.75) is 1.43 Å². The number of nitrogens with two attached hydrogens (primary N) is 1. The third-order valence-electron chi connectivity index (χ3n) is 2.76. The monoisotopic (exact) mass is 747 g/mol. The number of phenols is 1. The molecule has 3 N–H and O–H groups in total. The molecule has 0 saturated heterocycles. The molecule has 2 rings (SSSR count). The summed E-state index contributed by atoms with van der Waals surface area (Å²) in [4.78, 5) is 11.6. The summed E-state index contributed by atoms with van der Waals surface area (Å²) in [5.41, 5.74) is 6.33. The molecule has 0 heterocycles. The molecule has 0 saturated carbocycles. The molecule has 0 bridgehead atoms. The minimum Gasteiger partial charge on any atom is -0.508 e. The van der Waals surface area contributed by atoms with E-state index in [2.05, 4.69) is 45.2 Å². The van der Waals surface area contributed by atoms with Gasteiger partial charge in [-0.25, -0.2) is 0 Å². The predicted octanol–water partition coefficient (Wildman–Crippen LogP) is 4.90. The van der Waals surface area contributed by atoms with Gasteiger partial charge in [0.05, 0.1) is 3.57 Å². The highest BCUT2D eigenvalue weighted by Crippen LogP contribution is 2.44. The normalized spacial score (nSPS) is 11.3. The molecule has 0 unspecified atom stereocenters. The van der Waals surface area contributed by atoms with E-state index in [-0.39, 0.29) is 5.75 Å². The number of benzene rings is 2. The summed E-state index contributed by atoms with van der Waals surface area (Å²) in [6.07, 6.45) is 0. The molecular formula is C14H9I4NO3. The Kier molecular flexibility index (Phi) is 6.44. The van der Waals surface area contributed by atoms with E-state index in [0.717, 1.165) is 12.7 Å². The van der Waals surface area contributed by atoms with Crippen molar-refractivity contribution < 1.29 is 14.6 Å².